The predicted octanol–water partition coefficient (Wildman–Crippen LogP) is 3.96. The van der Waals surface area contributed by atoms with Crippen LogP contribution in [0.5, 0.6) is 0 Å². The molecule has 5 heterocycles. The number of nitrogens with zero attached hydrogens (tertiary/aromatic N) is 7. The Balaban J connectivity index is 1.37. The van der Waals surface area contributed by atoms with Gasteiger partial charge >= 0.3 is 0 Å². The summed E-state index contributed by atoms with van der Waals surface area (Å²) in [6.45, 7) is 8.17. The maximum absolute atomic E-state index is 4.77. The zero-order chi connectivity index (χ0) is 21.4. The zero-order valence-electron chi connectivity index (χ0n) is 18.1. The van der Waals surface area contributed by atoms with E-state index in [1.165, 1.54) is 5.69 Å². The van der Waals surface area contributed by atoms with Crippen LogP contribution in [-0.4, -0.2) is 47.8 Å². The molecule has 1 aliphatic heterocycles. The molecule has 5 rings (SSSR count). The van der Waals surface area contributed by atoms with E-state index in [0.29, 0.717) is 12.0 Å². The Morgan fingerprint density at radius 2 is 2.03 bits per heavy atom. The smallest absolute Gasteiger partial charge is 0.227 e. The van der Waals surface area contributed by atoms with E-state index in [1.54, 1.807) is 6.20 Å². The van der Waals surface area contributed by atoms with E-state index < -0.39 is 0 Å². The molecule has 0 radical (unpaired) electrons. The molecule has 4 aromatic rings. The summed E-state index contributed by atoms with van der Waals surface area (Å²) in [4.78, 5) is 20.7. The van der Waals surface area contributed by atoms with E-state index >= 15 is 0 Å². The summed E-state index contributed by atoms with van der Waals surface area (Å²) in [6.07, 6.45) is 7.66. The van der Waals surface area contributed by atoms with Crippen molar-refractivity contribution in [1.82, 2.24) is 34.7 Å². The summed E-state index contributed by atoms with van der Waals surface area (Å²) in [5, 5.41) is 10.5. The first-order valence-corrected chi connectivity index (χ1v) is 10.8. The molecule has 9 nitrogen and oxygen atoms in total. The van der Waals surface area contributed by atoms with Crippen molar-refractivity contribution in [3.05, 3.63) is 48.3 Å². The van der Waals surface area contributed by atoms with Crippen LogP contribution in [0.4, 0.5) is 17.6 Å². The number of hydrogen-bond acceptors (Lipinski definition) is 7. The van der Waals surface area contributed by atoms with Gasteiger partial charge in [-0.2, -0.15) is 10.1 Å². The fraction of sp³-hybridized carbons (Fsp3) is 0.409. The Hall–Kier alpha value is -3.49. The molecule has 4 aromatic heterocycles. The highest BCUT2D eigenvalue weighted by molar-refractivity contribution is 5.79. The molecule has 1 fully saturated rings. The predicted molar refractivity (Wildman–Crippen MR) is 121 cm³/mol. The summed E-state index contributed by atoms with van der Waals surface area (Å²) in [5.41, 5.74) is 3.14. The number of imidazole rings is 1. The lowest BCUT2D eigenvalue weighted by atomic mass is 9.95. The van der Waals surface area contributed by atoms with Gasteiger partial charge in [0.05, 0.1) is 11.7 Å². The van der Waals surface area contributed by atoms with Gasteiger partial charge in [0.25, 0.3) is 0 Å². The van der Waals surface area contributed by atoms with Crippen LogP contribution < -0.4 is 10.2 Å². The van der Waals surface area contributed by atoms with Crippen molar-refractivity contribution in [2.24, 2.45) is 0 Å². The number of aromatic nitrogens is 7. The minimum atomic E-state index is 0.327. The maximum Gasteiger partial charge on any atom is 0.227 e. The molecule has 31 heavy (non-hydrogen) atoms. The first-order valence-electron chi connectivity index (χ1n) is 10.8. The standard InChI is InChI=1S/C22H27N9/c1-14(2)31-15(3)26-18-12-24-21(11-19(18)31)27-20-7-8-23-22(28-20)30-10-4-5-16(13-30)17-6-9-25-29-17/h6-9,11-12,14,16H,4-5,10,13H2,1-3H3,(H,25,29)(H,23,24,27,28). The Bertz CT molecular complexity index is 1180. The molecule has 9 heteroatoms. The third-order valence-corrected chi connectivity index (χ3v) is 5.83. The lowest BCUT2D eigenvalue weighted by Crippen LogP contribution is -2.35. The van der Waals surface area contributed by atoms with Crippen molar-refractivity contribution >= 4 is 28.6 Å². The zero-order valence-corrected chi connectivity index (χ0v) is 18.1. The number of aryl methyl sites for hydroxylation is 1. The largest absolute Gasteiger partial charge is 0.340 e. The third-order valence-electron chi connectivity index (χ3n) is 5.83. The van der Waals surface area contributed by atoms with Crippen molar-refractivity contribution in [2.45, 2.75) is 45.6 Å². The highest BCUT2D eigenvalue weighted by Crippen LogP contribution is 2.28. The molecule has 1 atom stereocenters. The van der Waals surface area contributed by atoms with Gasteiger partial charge in [0, 0.05) is 49.2 Å². The Kier molecular flexibility index (Phi) is 5.01. The normalized spacial score (nSPS) is 16.9. The molecular weight excluding hydrogens is 390 g/mol. The number of aromatic amines is 1. The van der Waals surface area contributed by atoms with Gasteiger partial charge in [0.15, 0.2) is 0 Å². The Labute approximate surface area is 181 Å². The Morgan fingerprint density at radius 1 is 1.13 bits per heavy atom. The molecule has 160 valence electrons. The molecular formula is C22H27N9. The second kappa shape index (κ2) is 7.98. The van der Waals surface area contributed by atoms with Crippen molar-refractivity contribution < 1.29 is 0 Å². The average molecular weight is 418 g/mol. The SMILES string of the molecule is Cc1nc2cnc(Nc3ccnc(N4CCCC(c5ccn[nH]5)C4)n3)cc2n1C(C)C. The van der Waals surface area contributed by atoms with Gasteiger partial charge in [-0.25, -0.2) is 15.0 Å². The van der Waals surface area contributed by atoms with Crippen LogP contribution in [0.2, 0.25) is 0 Å². The van der Waals surface area contributed by atoms with Crippen molar-refractivity contribution in [1.29, 1.82) is 0 Å². The van der Waals surface area contributed by atoms with Crippen LogP contribution in [0.25, 0.3) is 11.0 Å². The van der Waals surface area contributed by atoms with Crippen molar-refractivity contribution in [3.63, 3.8) is 0 Å². The fourth-order valence-corrected chi connectivity index (χ4v) is 4.45. The molecule has 1 unspecified atom stereocenters. The highest BCUT2D eigenvalue weighted by atomic mass is 15.3. The molecule has 0 amide bonds. The van der Waals surface area contributed by atoms with Gasteiger partial charge in [-0.3, -0.25) is 5.10 Å². The molecule has 0 saturated carbocycles. The van der Waals surface area contributed by atoms with E-state index in [-0.39, 0.29) is 0 Å². The van der Waals surface area contributed by atoms with Crippen molar-refractivity contribution in [3.8, 4) is 0 Å². The van der Waals surface area contributed by atoms with Crippen LogP contribution in [0.3, 0.4) is 0 Å². The van der Waals surface area contributed by atoms with Gasteiger partial charge in [0.2, 0.25) is 5.95 Å². The number of anilines is 3. The summed E-state index contributed by atoms with van der Waals surface area (Å²) in [5.74, 6) is 3.62. The summed E-state index contributed by atoms with van der Waals surface area (Å²) < 4.78 is 2.22. The van der Waals surface area contributed by atoms with Crippen molar-refractivity contribution in [2.75, 3.05) is 23.3 Å². The lowest BCUT2D eigenvalue weighted by molar-refractivity contribution is 0.495. The van der Waals surface area contributed by atoms with E-state index in [4.69, 9.17) is 4.98 Å². The van der Waals surface area contributed by atoms with E-state index in [9.17, 15) is 0 Å². The van der Waals surface area contributed by atoms with E-state index in [0.717, 1.165) is 60.4 Å². The summed E-state index contributed by atoms with van der Waals surface area (Å²) >= 11 is 0. The topological polar surface area (TPSA) is 100 Å². The summed E-state index contributed by atoms with van der Waals surface area (Å²) in [7, 11) is 0. The van der Waals surface area contributed by atoms with Crippen LogP contribution >= 0.6 is 0 Å². The van der Waals surface area contributed by atoms with Crippen LogP contribution in [-0.2, 0) is 0 Å². The molecule has 0 aromatic carbocycles. The molecule has 0 spiro atoms. The first kappa shape index (κ1) is 19.5. The minimum absolute atomic E-state index is 0.327. The molecule has 1 saturated heterocycles. The molecule has 0 bridgehead atoms. The number of piperidine rings is 1. The summed E-state index contributed by atoms with van der Waals surface area (Å²) in [6, 6.07) is 6.29. The third kappa shape index (κ3) is 3.83. The number of rotatable bonds is 5. The number of H-pyrrole nitrogens is 1. The second-order valence-corrected chi connectivity index (χ2v) is 8.35. The number of hydrogen-bond donors (Lipinski definition) is 2. The van der Waals surface area contributed by atoms with Crippen LogP contribution in [0.15, 0.2) is 36.8 Å². The average Bonchev–Trinajstić information content (AvgIpc) is 3.41. The van der Waals surface area contributed by atoms with Crippen LogP contribution in [0, 0.1) is 6.92 Å². The van der Waals surface area contributed by atoms with Gasteiger partial charge in [-0.15, -0.1) is 0 Å². The number of pyridine rings is 1. The van der Waals surface area contributed by atoms with E-state index in [1.807, 2.05) is 31.5 Å². The monoisotopic (exact) mass is 417 g/mol. The number of nitrogens with one attached hydrogen (secondary N) is 2. The van der Waals surface area contributed by atoms with Crippen LogP contribution in [0.1, 0.15) is 50.2 Å². The van der Waals surface area contributed by atoms with Gasteiger partial charge < -0.3 is 14.8 Å². The maximum atomic E-state index is 4.77. The van der Waals surface area contributed by atoms with Gasteiger partial charge in [-0.05, 0) is 45.7 Å². The quantitative estimate of drug-likeness (QED) is 0.507. The molecule has 0 aliphatic carbocycles. The van der Waals surface area contributed by atoms with Gasteiger partial charge in [-0.1, -0.05) is 0 Å². The molecule has 1 aliphatic rings. The second-order valence-electron chi connectivity index (χ2n) is 8.35. The molecule has 2 N–H and O–H groups in total. The minimum Gasteiger partial charge on any atom is -0.340 e. The van der Waals surface area contributed by atoms with E-state index in [2.05, 4.69) is 59.8 Å². The number of fused-ring (bicyclic) bond motifs is 1. The lowest BCUT2D eigenvalue weighted by Gasteiger charge is -2.32. The fourth-order valence-electron chi connectivity index (χ4n) is 4.45. The Morgan fingerprint density at radius 3 is 2.84 bits per heavy atom. The first-order chi connectivity index (χ1) is 15.1. The highest BCUT2D eigenvalue weighted by Gasteiger charge is 2.24. The van der Waals surface area contributed by atoms with Gasteiger partial charge in [0.1, 0.15) is 23.0 Å².